The first-order valence-corrected chi connectivity index (χ1v) is 6.25. The van der Waals surface area contributed by atoms with Gasteiger partial charge in [0.05, 0.1) is 12.0 Å². The van der Waals surface area contributed by atoms with Crippen LogP contribution in [-0.4, -0.2) is 18.4 Å². The molecule has 0 aromatic heterocycles. The molecular formula is C13H21NOS. The third kappa shape index (κ3) is 3.16. The third-order valence-electron chi connectivity index (χ3n) is 2.47. The molecule has 0 aliphatic rings. The second-order valence-corrected chi connectivity index (χ2v) is 6.43. The van der Waals surface area contributed by atoms with Crippen molar-refractivity contribution in [3.05, 3.63) is 23.3 Å². The number of nitrogens with two attached hydrogens (primary N) is 1. The van der Waals surface area contributed by atoms with Gasteiger partial charge in [-0.15, -0.1) is 11.8 Å². The number of methoxy groups -OCH3 is 1. The molecule has 0 saturated heterocycles. The van der Waals surface area contributed by atoms with E-state index in [9.17, 15) is 0 Å². The molecule has 90 valence electrons. The number of benzene rings is 1. The Morgan fingerprint density at radius 3 is 2.44 bits per heavy atom. The summed E-state index contributed by atoms with van der Waals surface area (Å²) in [5, 5.41) is 0. The molecule has 3 heteroatoms. The van der Waals surface area contributed by atoms with E-state index < -0.39 is 0 Å². The molecule has 0 radical (unpaired) electrons. The van der Waals surface area contributed by atoms with Gasteiger partial charge in [0, 0.05) is 11.3 Å². The number of rotatable bonds is 4. The Hall–Kier alpha value is -0.670. The van der Waals surface area contributed by atoms with E-state index in [1.165, 1.54) is 16.0 Å². The monoisotopic (exact) mass is 239 g/mol. The van der Waals surface area contributed by atoms with E-state index in [0.717, 1.165) is 5.75 Å². The van der Waals surface area contributed by atoms with E-state index in [1.807, 2.05) is 0 Å². The first kappa shape index (κ1) is 13.4. The highest BCUT2D eigenvalue weighted by Gasteiger charge is 2.20. The zero-order chi connectivity index (χ0) is 12.3. The standard InChI is InChI=1S/C13H21NOS/c1-9-6-10(2)12(15-5)11(7-9)16-13(3,4)8-14/h6-7H,8,14H2,1-5H3. The normalized spacial score (nSPS) is 11.6. The minimum Gasteiger partial charge on any atom is -0.495 e. The van der Waals surface area contributed by atoms with Gasteiger partial charge in [0.2, 0.25) is 0 Å². The summed E-state index contributed by atoms with van der Waals surface area (Å²) in [5.74, 6) is 0.970. The number of thioether (sulfide) groups is 1. The van der Waals surface area contributed by atoms with Crippen LogP contribution in [0.2, 0.25) is 0 Å². The molecule has 0 spiro atoms. The van der Waals surface area contributed by atoms with Crippen molar-refractivity contribution in [2.75, 3.05) is 13.7 Å². The minimum absolute atomic E-state index is 0.0352. The smallest absolute Gasteiger partial charge is 0.135 e. The van der Waals surface area contributed by atoms with Crippen LogP contribution in [0.15, 0.2) is 17.0 Å². The molecule has 1 rings (SSSR count). The fourth-order valence-corrected chi connectivity index (χ4v) is 2.85. The lowest BCUT2D eigenvalue weighted by atomic mass is 10.1. The first-order valence-electron chi connectivity index (χ1n) is 5.44. The van der Waals surface area contributed by atoms with Gasteiger partial charge in [-0.05, 0) is 44.9 Å². The maximum absolute atomic E-state index is 5.76. The van der Waals surface area contributed by atoms with Crippen LogP contribution >= 0.6 is 11.8 Å². The van der Waals surface area contributed by atoms with E-state index >= 15 is 0 Å². The molecule has 0 atom stereocenters. The third-order valence-corrected chi connectivity index (χ3v) is 3.71. The van der Waals surface area contributed by atoms with Crippen molar-refractivity contribution in [2.24, 2.45) is 5.73 Å². The van der Waals surface area contributed by atoms with Crippen LogP contribution < -0.4 is 10.5 Å². The summed E-state index contributed by atoms with van der Waals surface area (Å²) in [7, 11) is 1.72. The number of ether oxygens (including phenoxy) is 1. The average molecular weight is 239 g/mol. The van der Waals surface area contributed by atoms with Crippen LogP contribution in [-0.2, 0) is 0 Å². The molecule has 1 aromatic rings. The molecule has 16 heavy (non-hydrogen) atoms. The summed E-state index contributed by atoms with van der Waals surface area (Å²) in [6.07, 6.45) is 0. The van der Waals surface area contributed by atoms with Gasteiger partial charge in [-0.3, -0.25) is 0 Å². The average Bonchev–Trinajstić information content (AvgIpc) is 2.16. The van der Waals surface area contributed by atoms with Crippen molar-refractivity contribution < 1.29 is 4.74 Å². The number of hydrogen-bond acceptors (Lipinski definition) is 3. The van der Waals surface area contributed by atoms with Crippen LogP contribution in [0.4, 0.5) is 0 Å². The fourth-order valence-electron chi connectivity index (χ4n) is 1.59. The van der Waals surface area contributed by atoms with Crippen LogP contribution in [0, 0.1) is 13.8 Å². The molecule has 0 aliphatic heterocycles. The van der Waals surface area contributed by atoms with Gasteiger partial charge >= 0.3 is 0 Å². The summed E-state index contributed by atoms with van der Waals surface area (Å²) in [5.41, 5.74) is 8.20. The quantitative estimate of drug-likeness (QED) is 0.820. The molecule has 0 unspecified atom stereocenters. The fraction of sp³-hybridized carbons (Fsp3) is 0.538. The Kier molecular flexibility index (Phi) is 4.28. The molecule has 0 fully saturated rings. The predicted octanol–water partition coefficient (Wildman–Crippen LogP) is 3.14. The van der Waals surface area contributed by atoms with Crippen LogP contribution in [0.25, 0.3) is 0 Å². The van der Waals surface area contributed by atoms with Crippen molar-refractivity contribution in [2.45, 2.75) is 37.3 Å². The molecule has 2 N–H and O–H groups in total. The second-order valence-electron chi connectivity index (χ2n) is 4.68. The van der Waals surface area contributed by atoms with Crippen molar-refractivity contribution >= 4 is 11.8 Å². The zero-order valence-corrected chi connectivity index (χ0v) is 11.6. The highest BCUT2D eigenvalue weighted by atomic mass is 32.2. The maximum atomic E-state index is 5.76. The van der Waals surface area contributed by atoms with Gasteiger partial charge in [0.15, 0.2) is 0 Å². The van der Waals surface area contributed by atoms with Crippen LogP contribution in [0.5, 0.6) is 5.75 Å². The molecule has 0 bridgehead atoms. The van der Waals surface area contributed by atoms with E-state index in [4.69, 9.17) is 10.5 Å². The Labute approximate surface area is 103 Å². The van der Waals surface area contributed by atoms with Gasteiger partial charge in [-0.25, -0.2) is 0 Å². The number of aryl methyl sites for hydroxylation is 2. The van der Waals surface area contributed by atoms with Crippen LogP contribution in [0.1, 0.15) is 25.0 Å². The molecule has 2 nitrogen and oxygen atoms in total. The van der Waals surface area contributed by atoms with Gasteiger partial charge in [-0.2, -0.15) is 0 Å². The number of hydrogen-bond donors (Lipinski definition) is 1. The lowest BCUT2D eigenvalue weighted by Gasteiger charge is -2.23. The summed E-state index contributed by atoms with van der Waals surface area (Å²) in [6, 6.07) is 4.30. The zero-order valence-electron chi connectivity index (χ0n) is 10.8. The van der Waals surface area contributed by atoms with E-state index in [2.05, 4.69) is 39.8 Å². The molecule has 0 heterocycles. The van der Waals surface area contributed by atoms with E-state index in [-0.39, 0.29) is 4.75 Å². The van der Waals surface area contributed by atoms with Gasteiger partial charge in [0.25, 0.3) is 0 Å². The predicted molar refractivity (Wildman–Crippen MR) is 71.5 cm³/mol. The summed E-state index contributed by atoms with van der Waals surface area (Å²) in [4.78, 5) is 1.18. The Bertz CT molecular complexity index is 374. The maximum Gasteiger partial charge on any atom is 0.135 e. The largest absolute Gasteiger partial charge is 0.495 e. The molecule has 0 amide bonds. The van der Waals surface area contributed by atoms with Crippen molar-refractivity contribution in [3.8, 4) is 5.75 Å². The Morgan fingerprint density at radius 1 is 1.31 bits per heavy atom. The molecule has 1 aromatic carbocycles. The highest BCUT2D eigenvalue weighted by molar-refractivity contribution is 8.00. The van der Waals surface area contributed by atoms with Gasteiger partial charge in [0.1, 0.15) is 5.75 Å². The van der Waals surface area contributed by atoms with E-state index in [1.54, 1.807) is 18.9 Å². The van der Waals surface area contributed by atoms with Crippen LogP contribution in [0.3, 0.4) is 0 Å². The van der Waals surface area contributed by atoms with Crippen molar-refractivity contribution in [1.82, 2.24) is 0 Å². The summed E-state index contributed by atoms with van der Waals surface area (Å²) >= 11 is 1.78. The van der Waals surface area contributed by atoms with Gasteiger partial charge in [-0.1, -0.05) is 6.07 Å². The summed E-state index contributed by atoms with van der Waals surface area (Å²) < 4.78 is 5.50. The Morgan fingerprint density at radius 2 is 1.94 bits per heavy atom. The SMILES string of the molecule is COc1c(C)cc(C)cc1SC(C)(C)CN. The minimum atomic E-state index is 0.0352. The topological polar surface area (TPSA) is 35.2 Å². The molecule has 0 saturated carbocycles. The lowest BCUT2D eigenvalue weighted by molar-refractivity contribution is 0.401. The van der Waals surface area contributed by atoms with Crippen molar-refractivity contribution in [3.63, 3.8) is 0 Å². The van der Waals surface area contributed by atoms with E-state index in [0.29, 0.717) is 6.54 Å². The molecular weight excluding hydrogens is 218 g/mol. The van der Waals surface area contributed by atoms with Crippen molar-refractivity contribution in [1.29, 1.82) is 0 Å². The van der Waals surface area contributed by atoms with Gasteiger partial charge < -0.3 is 10.5 Å². The second kappa shape index (κ2) is 5.11. The Balaban J connectivity index is 3.12. The summed E-state index contributed by atoms with van der Waals surface area (Å²) in [6.45, 7) is 9.12. The first-order chi connectivity index (χ1) is 7.39. The lowest BCUT2D eigenvalue weighted by Crippen LogP contribution is -2.26. The molecule has 0 aliphatic carbocycles. The highest BCUT2D eigenvalue weighted by Crippen LogP contribution is 2.39.